The molecule has 3 aliphatic heterocycles. The number of hydrogen-bond donors (Lipinski definition) is 0. The number of hydrogen-bond acceptors (Lipinski definition) is 4. The van der Waals surface area contributed by atoms with E-state index in [-0.39, 0.29) is 5.91 Å². The molecule has 5 nitrogen and oxygen atoms in total. The first-order valence-electron chi connectivity index (χ1n) is 10.6. The summed E-state index contributed by atoms with van der Waals surface area (Å²) < 4.78 is 28.7. The molecule has 0 saturated carbocycles. The fourth-order valence-electron chi connectivity index (χ4n) is 4.91. The Bertz CT molecular complexity index is 1110. The van der Waals surface area contributed by atoms with Crippen LogP contribution in [0.2, 0.25) is 0 Å². The molecule has 1 fully saturated rings. The van der Waals surface area contributed by atoms with Crippen LogP contribution in [0.5, 0.6) is 0 Å². The topological polar surface area (TPSA) is 57.7 Å². The molecule has 2 aromatic rings. The number of thioether (sulfide) groups is 1. The van der Waals surface area contributed by atoms with Crippen molar-refractivity contribution in [1.82, 2.24) is 4.31 Å². The summed E-state index contributed by atoms with van der Waals surface area (Å²) in [5, 5.41) is 0.326. The van der Waals surface area contributed by atoms with Crippen LogP contribution in [0.3, 0.4) is 0 Å². The van der Waals surface area contributed by atoms with Crippen molar-refractivity contribution >= 4 is 33.4 Å². The van der Waals surface area contributed by atoms with Crippen LogP contribution in [-0.4, -0.2) is 44.0 Å². The van der Waals surface area contributed by atoms with Gasteiger partial charge < -0.3 is 4.90 Å². The Morgan fingerprint density at radius 3 is 2.57 bits per heavy atom. The highest BCUT2D eigenvalue weighted by Gasteiger charge is 2.35. The third kappa shape index (κ3) is 3.37. The molecule has 0 spiro atoms. The Kier molecular flexibility index (Phi) is 5.16. The van der Waals surface area contributed by atoms with Crippen molar-refractivity contribution in [2.45, 2.75) is 42.8 Å². The summed E-state index contributed by atoms with van der Waals surface area (Å²) in [5.41, 5.74) is 5.55. The van der Waals surface area contributed by atoms with Gasteiger partial charge in [0.05, 0.1) is 10.6 Å². The maximum absolute atomic E-state index is 13.5. The molecule has 3 heterocycles. The van der Waals surface area contributed by atoms with Gasteiger partial charge in [-0.1, -0.05) is 24.3 Å². The van der Waals surface area contributed by atoms with E-state index in [1.165, 1.54) is 11.1 Å². The molecule has 3 aliphatic rings. The smallest absolute Gasteiger partial charge is 0.243 e. The Labute approximate surface area is 182 Å². The minimum absolute atomic E-state index is 0.156. The summed E-state index contributed by atoms with van der Waals surface area (Å²) in [6.07, 6.45) is 2.65. The average Bonchev–Trinajstić information content (AvgIpc) is 3.01. The van der Waals surface area contributed by atoms with E-state index in [2.05, 4.69) is 25.1 Å². The molecule has 0 bridgehead atoms. The van der Waals surface area contributed by atoms with Crippen LogP contribution in [0.1, 0.15) is 40.3 Å². The van der Waals surface area contributed by atoms with Crippen LogP contribution in [0.4, 0.5) is 5.69 Å². The third-order valence-corrected chi connectivity index (χ3v) is 9.69. The zero-order chi connectivity index (χ0) is 20.9. The molecule has 0 radical (unpaired) electrons. The molecule has 1 unspecified atom stereocenters. The first-order chi connectivity index (χ1) is 14.4. The van der Waals surface area contributed by atoms with Crippen LogP contribution < -0.4 is 4.90 Å². The van der Waals surface area contributed by atoms with Gasteiger partial charge >= 0.3 is 0 Å². The summed E-state index contributed by atoms with van der Waals surface area (Å²) >= 11 is 1.85. The van der Waals surface area contributed by atoms with Crippen LogP contribution >= 0.6 is 11.8 Å². The van der Waals surface area contributed by atoms with E-state index in [9.17, 15) is 13.2 Å². The number of sulfonamides is 1. The fraction of sp³-hybridized carbons (Fsp3) is 0.435. The molecule has 30 heavy (non-hydrogen) atoms. The third-order valence-electron chi connectivity index (χ3n) is 6.50. The Morgan fingerprint density at radius 1 is 1.00 bits per heavy atom. The van der Waals surface area contributed by atoms with Gasteiger partial charge in [-0.25, -0.2) is 8.42 Å². The van der Waals surface area contributed by atoms with E-state index in [0.29, 0.717) is 42.6 Å². The quantitative estimate of drug-likeness (QED) is 0.727. The monoisotopic (exact) mass is 442 g/mol. The van der Waals surface area contributed by atoms with Crippen LogP contribution in [0.15, 0.2) is 41.3 Å². The fourth-order valence-corrected chi connectivity index (χ4v) is 7.91. The van der Waals surface area contributed by atoms with Crippen molar-refractivity contribution in [3.05, 3.63) is 58.7 Å². The minimum atomic E-state index is -3.55. The lowest BCUT2D eigenvalue weighted by Crippen LogP contribution is -2.34. The predicted octanol–water partition coefficient (Wildman–Crippen LogP) is 3.70. The first-order valence-corrected chi connectivity index (χ1v) is 13.1. The van der Waals surface area contributed by atoms with E-state index in [0.717, 1.165) is 35.4 Å². The number of anilines is 1. The number of nitrogens with zero attached hydrogens (tertiary/aromatic N) is 2. The number of aryl methyl sites for hydroxylation is 2. The minimum Gasteiger partial charge on any atom is -0.312 e. The summed E-state index contributed by atoms with van der Waals surface area (Å²) in [5.74, 6) is 0.946. The first kappa shape index (κ1) is 20.1. The second-order valence-electron chi connectivity index (χ2n) is 8.29. The number of carbonyl (C=O) groups excluding carboxylic acids is 1. The molecule has 1 amide bonds. The zero-order valence-corrected chi connectivity index (χ0v) is 18.8. The van der Waals surface area contributed by atoms with E-state index in [1.54, 1.807) is 4.31 Å². The second kappa shape index (κ2) is 7.70. The SMILES string of the molecule is Cc1ccccc1C1CCN(S(=O)(=O)c2cc3c4c(c2)CCN4C(=O)CC3)CCS1. The number of carbonyl (C=O) groups is 1. The van der Waals surface area contributed by atoms with E-state index >= 15 is 0 Å². The average molecular weight is 443 g/mol. The van der Waals surface area contributed by atoms with Crippen molar-refractivity contribution in [1.29, 1.82) is 0 Å². The molecule has 1 atom stereocenters. The lowest BCUT2D eigenvalue weighted by molar-refractivity contribution is -0.118. The van der Waals surface area contributed by atoms with Gasteiger partial charge in [0.15, 0.2) is 0 Å². The number of benzene rings is 2. The Balaban J connectivity index is 1.41. The largest absolute Gasteiger partial charge is 0.312 e. The molecule has 0 aromatic heterocycles. The molecule has 1 saturated heterocycles. The van der Waals surface area contributed by atoms with Gasteiger partial charge in [0, 0.05) is 37.1 Å². The lowest BCUT2D eigenvalue weighted by Gasteiger charge is -2.26. The van der Waals surface area contributed by atoms with Gasteiger partial charge in [-0.15, -0.1) is 0 Å². The van der Waals surface area contributed by atoms with Crippen molar-refractivity contribution in [3.8, 4) is 0 Å². The highest BCUT2D eigenvalue weighted by Crippen LogP contribution is 2.40. The molecule has 2 aromatic carbocycles. The van der Waals surface area contributed by atoms with Gasteiger partial charge in [0.2, 0.25) is 15.9 Å². The zero-order valence-electron chi connectivity index (χ0n) is 17.1. The van der Waals surface area contributed by atoms with E-state index in [1.807, 2.05) is 34.9 Å². The second-order valence-corrected chi connectivity index (χ2v) is 11.5. The Hall–Kier alpha value is -1.83. The summed E-state index contributed by atoms with van der Waals surface area (Å²) in [6.45, 7) is 3.86. The summed E-state index contributed by atoms with van der Waals surface area (Å²) in [4.78, 5) is 14.4. The molecular formula is C23H26N2O3S2. The van der Waals surface area contributed by atoms with Gasteiger partial charge in [0.25, 0.3) is 0 Å². The summed E-state index contributed by atoms with van der Waals surface area (Å²) in [6, 6.07) is 12.0. The van der Waals surface area contributed by atoms with Gasteiger partial charge in [-0.2, -0.15) is 16.1 Å². The number of amides is 1. The predicted molar refractivity (Wildman–Crippen MR) is 121 cm³/mol. The molecule has 158 valence electrons. The maximum atomic E-state index is 13.5. The van der Waals surface area contributed by atoms with Crippen molar-refractivity contribution in [2.24, 2.45) is 0 Å². The van der Waals surface area contributed by atoms with Gasteiger partial charge in [0.1, 0.15) is 0 Å². The molecule has 5 rings (SSSR count). The molecule has 7 heteroatoms. The van der Waals surface area contributed by atoms with E-state index in [4.69, 9.17) is 0 Å². The van der Waals surface area contributed by atoms with Crippen LogP contribution in [0.25, 0.3) is 0 Å². The normalized spacial score (nSPS) is 22.1. The van der Waals surface area contributed by atoms with Crippen molar-refractivity contribution in [2.75, 3.05) is 30.3 Å². The summed E-state index contributed by atoms with van der Waals surface area (Å²) in [7, 11) is -3.55. The van der Waals surface area contributed by atoms with Gasteiger partial charge in [-0.3, -0.25) is 4.79 Å². The Morgan fingerprint density at radius 2 is 1.77 bits per heavy atom. The highest BCUT2D eigenvalue weighted by atomic mass is 32.2. The van der Waals surface area contributed by atoms with E-state index < -0.39 is 10.0 Å². The maximum Gasteiger partial charge on any atom is 0.243 e. The highest BCUT2D eigenvalue weighted by molar-refractivity contribution is 7.99. The van der Waals surface area contributed by atoms with Crippen molar-refractivity contribution in [3.63, 3.8) is 0 Å². The van der Waals surface area contributed by atoms with Gasteiger partial charge in [-0.05, 0) is 60.6 Å². The van der Waals surface area contributed by atoms with Crippen LogP contribution in [0, 0.1) is 6.92 Å². The van der Waals surface area contributed by atoms with Crippen molar-refractivity contribution < 1.29 is 13.2 Å². The van der Waals surface area contributed by atoms with Crippen LogP contribution in [-0.2, 0) is 27.7 Å². The molecule has 0 aliphatic carbocycles. The number of rotatable bonds is 3. The molecule has 0 N–H and O–H groups in total. The standard InChI is InChI=1S/C23H26N2O3S2/c1-16-4-2-3-5-20(16)21-9-10-24(12-13-29-21)30(27,28)19-14-17-6-7-22(26)25-11-8-18(15-19)23(17)25/h2-5,14-15,21H,6-13H2,1H3. The lowest BCUT2D eigenvalue weighted by atomic mass is 10.00. The molecular weight excluding hydrogens is 416 g/mol.